The van der Waals surface area contributed by atoms with E-state index in [1.54, 1.807) is 0 Å². The molecule has 0 aliphatic carbocycles. The summed E-state index contributed by atoms with van der Waals surface area (Å²) in [6, 6.07) is 3.60. The van der Waals surface area contributed by atoms with Crippen molar-refractivity contribution in [3.63, 3.8) is 0 Å². The van der Waals surface area contributed by atoms with Crippen molar-refractivity contribution in [2.45, 2.75) is 0 Å². The van der Waals surface area contributed by atoms with Crippen LogP contribution in [0, 0.1) is 10.1 Å². The summed E-state index contributed by atoms with van der Waals surface area (Å²) in [5.74, 6) is -0.283. The third kappa shape index (κ3) is 3.28. The van der Waals surface area contributed by atoms with E-state index in [9.17, 15) is 14.9 Å². The lowest BCUT2D eigenvalue weighted by Gasteiger charge is -2.05. The van der Waals surface area contributed by atoms with Crippen LogP contribution >= 0.6 is 27.5 Å². The van der Waals surface area contributed by atoms with E-state index in [0.717, 1.165) is 6.07 Å². The van der Waals surface area contributed by atoms with Crippen LogP contribution in [0.4, 0.5) is 11.5 Å². The maximum Gasteiger partial charge on any atom is 0.270 e. The van der Waals surface area contributed by atoms with Crippen LogP contribution < -0.4 is 5.32 Å². The number of hydrogen-bond acceptors (Lipinski definition) is 5. The van der Waals surface area contributed by atoms with Crippen molar-refractivity contribution >= 4 is 44.9 Å². The topological polar surface area (TPSA) is 98.0 Å². The maximum atomic E-state index is 12.0. The van der Waals surface area contributed by atoms with Gasteiger partial charge in [0.25, 0.3) is 11.6 Å². The predicted molar refractivity (Wildman–Crippen MR) is 75.8 cm³/mol. The smallest absolute Gasteiger partial charge is 0.270 e. The lowest BCUT2D eigenvalue weighted by Crippen LogP contribution is -2.13. The van der Waals surface area contributed by atoms with Crippen molar-refractivity contribution < 1.29 is 9.72 Å². The van der Waals surface area contributed by atoms with Gasteiger partial charge in [-0.05, 0) is 22.0 Å². The highest BCUT2D eigenvalue weighted by atomic mass is 79.9. The van der Waals surface area contributed by atoms with Gasteiger partial charge in [0.1, 0.15) is 4.60 Å². The number of nitrogens with zero attached hydrogens (tertiary/aromatic N) is 3. The first-order valence-corrected chi connectivity index (χ1v) is 6.37. The lowest BCUT2D eigenvalue weighted by molar-refractivity contribution is -0.384. The number of nitro benzene ring substituents is 1. The van der Waals surface area contributed by atoms with Crippen LogP contribution in [0.5, 0.6) is 0 Å². The molecule has 7 nitrogen and oxygen atoms in total. The summed E-state index contributed by atoms with van der Waals surface area (Å²) in [4.78, 5) is 29.8. The molecule has 0 unspecified atom stereocenters. The molecule has 1 aromatic heterocycles. The number of anilines is 1. The normalized spacial score (nSPS) is 10.1. The molecule has 1 N–H and O–H groups in total. The maximum absolute atomic E-state index is 12.0. The molecule has 0 spiro atoms. The van der Waals surface area contributed by atoms with Crippen molar-refractivity contribution in [1.82, 2.24) is 9.97 Å². The Hall–Kier alpha value is -2.06. The number of carbonyl (C=O) groups excluding carboxylic acids is 1. The predicted octanol–water partition coefficient (Wildman–Crippen LogP) is 3.05. The van der Waals surface area contributed by atoms with Crippen LogP contribution in [-0.2, 0) is 0 Å². The van der Waals surface area contributed by atoms with Crippen molar-refractivity contribution in [2.24, 2.45) is 0 Å². The van der Waals surface area contributed by atoms with Crippen LogP contribution in [0.15, 0.2) is 35.2 Å². The van der Waals surface area contributed by atoms with Crippen molar-refractivity contribution in [3.05, 3.63) is 55.9 Å². The van der Waals surface area contributed by atoms with E-state index >= 15 is 0 Å². The largest absolute Gasteiger partial charge is 0.305 e. The van der Waals surface area contributed by atoms with Gasteiger partial charge < -0.3 is 5.32 Å². The molecule has 2 rings (SSSR count). The quantitative estimate of drug-likeness (QED) is 0.672. The van der Waals surface area contributed by atoms with Gasteiger partial charge in [0.15, 0.2) is 5.82 Å². The number of benzene rings is 1. The third-order valence-electron chi connectivity index (χ3n) is 2.27. The molecule has 0 aliphatic heterocycles. The Kier molecular flexibility index (Phi) is 4.26. The Morgan fingerprint density at radius 1 is 1.35 bits per heavy atom. The van der Waals surface area contributed by atoms with Crippen LogP contribution in [0.25, 0.3) is 0 Å². The second kappa shape index (κ2) is 5.93. The minimum atomic E-state index is -0.590. The SMILES string of the molecule is O=C(Nc1cnc(Br)cn1)c1ccc([N+](=O)[O-])cc1Cl. The number of aromatic nitrogens is 2. The zero-order valence-electron chi connectivity index (χ0n) is 9.71. The van der Waals surface area contributed by atoms with Gasteiger partial charge >= 0.3 is 0 Å². The van der Waals surface area contributed by atoms with Gasteiger partial charge in [-0.25, -0.2) is 9.97 Å². The standard InChI is InChI=1S/C11H6BrClN4O3/c12-9-4-15-10(5-14-9)16-11(18)7-2-1-6(17(19)20)3-8(7)13/h1-5H,(H,15,16,18). The minimum absolute atomic E-state index is 0.0122. The Morgan fingerprint density at radius 3 is 2.65 bits per heavy atom. The number of rotatable bonds is 3. The second-order valence-corrected chi connectivity index (χ2v) is 4.82. The fraction of sp³-hybridized carbons (Fsp3) is 0. The number of non-ortho nitro benzene ring substituents is 1. The van der Waals surface area contributed by atoms with Gasteiger partial charge in [-0.2, -0.15) is 0 Å². The minimum Gasteiger partial charge on any atom is -0.305 e. The van der Waals surface area contributed by atoms with Gasteiger partial charge in [0, 0.05) is 12.1 Å². The fourth-order valence-electron chi connectivity index (χ4n) is 1.36. The zero-order valence-corrected chi connectivity index (χ0v) is 12.1. The summed E-state index contributed by atoms with van der Waals surface area (Å²) >= 11 is 8.97. The molecule has 1 aromatic carbocycles. The Balaban J connectivity index is 2.21. The molecule has 0 aliphatic rings. The number of halogens is 2. The first kappa shape index (κ1) is 14.4. The molecular weight excluding hydrogens is 352 g/mol. The molecule has 0 bridgehead atoms. The molecular formula is C11H6BrClN4O3. The number of carbonyl (C=O) groups is 1. The molecule has 2 aromatic rings. The van der Waals surface area contributed by atoms with E-state index in [-0.39, 0.29) is 22.1 Å². The molecule has 0 fully saturated rings. The zero-order chi connectivity index (χ0) is 14.7. The molecule has 0 radical (unpaired) electrons. The first-order valence-electron chi connectivity index (χ1n) is 5.20. The molecule has 0 atom stereocenters. The summed E-state index contributed by atoms with van der Waals surface area (Å²) in [7, 11) is 0. The van der Waals surface area contributed by atoms with Crippen LogP contribution in [0.3, 0.4) is 0 Å². The van der Waals surface area contributed by atoms with Gasteiger partial charge in [0.05, 0.1) is 27.9 Å². The van der Waals surface area contributed by atoms with Crippen molar-refractivity contribution in [2.75, 3.05) is 5.32 Å². The van der Waals surface area contributed by atoms with Crippen molar-refractivity contribution in [3.8, 4) is 0 Å². The molecule has 0 saturated heterocycles. The van der Waals surface area contributed by atoms with Gasteiger partial charge in [0.2, 0.25) is 0 Å². The molecule has 102 valence electrons. The van der Waals surface area contributed by atoms with Crippen molar-refractivity contribution in [1.29, 1.82) is 0 Å². The highest BCUT2D eigenvalue weighted by Crippen LogP contribution is 2.23. The van der Waals surface area contributed by atoms with Crippen LogP contribution in [0.1, 0.15) is 10.4 Å². The number of hydrogen-bond donors (Lipinski definition) is 1. The molecule has 1 heterocycles. The van der Waals surface area contributed by atoms with Crippen LogP contribution in [-0.4, -0.2) is 20.8 Å². The summed E-state index contributed by atoms with van der Waals surface area (Å²) < 4.78 is 0.531. The van der Waals surface area contributed by atoms with E-state index in [0.29, 0.717) is 4.60 Å². The van der Waals surface area contributed by atoms with Gasteiger partial charge in [-0.1, -0.05) is 11.6 Å². The number of amides is 1. The molecule has 0 saturated carbocycles. The Morgan fingerprint density at radius 2 is 2.10 bits per heavy atom. The van der Waals surface area contributed by atoms with E-state index < -0.39 is 10.8 Å². The average molecular weight is 358 g/mol. The summed E-state index contributed by atoms with van der Waals surface area (Å²) in [6.07, 6.45) is 2.79. The first-order chi connectivity index (χ1) is 9.47. The Bertz CT molecular complexity index is 678. The second-order valence-electron chi connectivity index (χ2n) is 3.60. The number of nitro groups is 1. The average Bonchev–Trinajstić information content (AvgIpc) is 2.41. The Labute approximate surface area is 126 Å². The third-order valence-corrected chi connectivity index (χ3v) is 2.99. The van der Waals surface area contributed by atoms with Gasteiger partial charge in [-0.15, -0.1) is 0 Å². The van der Waals surface area contributed by atoms with E-state index in [1.165, 1.54) is 24.5 Å². The molecule has 9 heteroatoms. The summed E-state index contributed by atoms with van der Waals surface area (Å²) in [5.41, 5.74) is -0.0723. The van der Waals surface area contributed by atoms with E-state index in [2.05, 4.69) is 31.2 Å². The van der Waals surface area contributed by atoms with E-state index in [4.69, 9.17) is 11.6 Å². The summed E-state index contributed by atoms with van der Waals surface area (Å²) in [6.45, 7) is 0. The molecule has 1 amide bonds. The molecule has 20 heavy (non-hydrogen) atoms. The fourth-order valence-corrected chi connectivity index (χ4v) is 1.83. The van der Waals surface area contributed by atoms with Gasteiger partial charge in [-0.3, -0.25) is 14.9 Å². The highest BCUT2D eigenvalue weighted by Gasteiger charge is 2.15. The summed E-state index contributed by atoms with van der Waals surface area (Å²) in [5, 5.41) is 13.1. The van der Waals surface area contributed by atoms with Crippen LogP contribution in [0.2, 0.25) is 5.02 Å². The number of nitrogens with one attached hydrogen (secondary N) is 1. The highest BCUT2D eigenvalue weighted by molar-refractivity contribution is 9.10. The lowest BCUT2D eigenvalue weighted by atomic mass is 10.2. The monoisotopic (exact) mass is 356 g/mol. The van der Waals surface area contributed by atoms with E-state index in [1.807, 2.05) is 0 Å².